The van der Waals surface area contributed by atoms with Gasteiger partial charge in [-0.1, -0.05) is 30.3 Å². The zero-order chi connectivity index (χ0) is 18.6. The molecule has 1 aliphatic heterocycles. The molecule has 0 unspecified atom stereocenters. The minimum atomic E-state index is -0.633. The van der Waals surface area contributed by atoms with Crippen molar-refractivity contribution in [2.75, 3.05) is 13.7 Å². The number of carbonyl (C=O) groups excluding carboxylic acids is 2. The summed E-state index contributed by atoms with van der Waals surface area (Å²) in [5.41, 5.74) is 1.37. The van der Waals surface area contributed by atoms with Crippen LogP contribution in [0.5, 0.6) is 0 Å². The predicted molar refractivity (Wildman–Crippen MR) is 94.6 cm³/mol. The van der Waals surface area contributed by atoms with Crippen molar-refractivity contribution in [1.82, 2.24) is 10.2 Å². The first-order valence-corrected chi connectivity index (χ1v) is 8.36. The van der Waals surface area contributed by atoms with Crippen molar-refractivity contribution in [1.29, 1.82) is 0 Å². The lowest BCUT2D eigenvalue weighted by Gasteiger charge is -2.25. The van der Waals surface area contributed by atoms with Crippen LogP contribution in [0.25, 0.3) is 0 Å². The Balaban J connectivity index is 2.24. The Morgan fingerprint density at radius 1 is 1.20 bits per heavy atom. The Morgan fingerprint density at radius 2 is 1.84 bits per heavy atom. The fourth-order valence-corrected chi connectivity index (χ4v) is 2.67. The highest BCUT2D eigenvalue weighted by atomic mass is 16.6. The van der Waals surface area contributed by atoms with Crippen LogP contribution in [0.15, 0.2) is 41.7 Å². The summed E-state index contributed by atoms with van der Waals surface area (Å²) in [6.07, 6.45) is -0.00188. The minimum Gasteiger partial charge on any atom is -0.464 e. The van der Waals surface area contributed by atoms with Gasteiger partial charge in [0.05, 0.1) is 7.11 Å². The standard InChI is InChI=1S/C19H26N2O4/c1-13(14-9-7-6-8-10-14)20-15-11-12-21(16(15)17(22)24-5)18(23)25-19(2,3)4/h6-10,13,20H,11-12H2,1-5H3/t13-/m0/s1. The van der Waals surface area contributed by atoms with Gasteiger partial charge in [0, 0.05) is 24.7 Å². The fourth-order valence-electron chi connectivity index (χ4n) is 2.67. The van der Waals surface area contributed by atoms with Crippen LogP contribution in [0.4, 0.5) is 4.79 Å². The lowest BCUT2D eigenvalue weighted by Crippen LogP contribution is -2.37. The van der Waals surface area contributed by atoms with E-state index in [4.69, 9.17) is 9.47 Å². The van der Waals surface area contributed by atoms with Gasteiger partial charge in [0.1, 0.15) is 5.60 Å². The molecule has 0 saturated carbocycles. The Morgan fingerprint density at radius 3 is 2.40 bits per heavy atom. The summed E-state index contributed by atoms with van der Waals surface area (Å²) < 4.78 is 10.3. The van der Waals surface area contributed by atoms with Gasteiger partial charge in [-0.3, -0.25) is 4.90 Å². The minimum absolute atomic E-state index is 0.00515. The van der Waals surface area contributed by atoms with E-state index in [-0.39, 0.29) is 11.7 Å². The van der Waals surface area contributed by atoms with E-state index in [2.05, 4.69) is 5.32 Å². The van der Waals surface area contributed by atoms with E-state index < -0.39 is 17.7 Å². The molecule has 0 spiro atoms. The highest BCUT2D eigenvalue weighted by Crippen LogP contribution is 2.27. The van der Waals surface area contributed by atoms with Gasteiger partial charge in [-0.2, -0.15) is 0 Å². The number of esters is 1. The highest BCUT2D eigenvalue weighted by Gasteiger charge is 2.36. The van der Waals surface area contributed by atoms with Crippen LogP contribution in [-0.2, 0) is 14.3 Å². The predicted octanol–water partition coefficient (Wildman–Crippen LogP) is 3.36. The van der Waals surface area contributed by atoms with Crippen molar-refractivity contribution in [2.24, 2.45) is 0 Å². The Kier molecular flexibility index (Phi) is 5.72. The van der Waals surface area contributed by atoms with Gasteiger partial charge in [0.25, 0.3) is 0 Å². The molecule has 0 saturated heterocycles. The van der Waals surface area contributed by atoms with Crippen LogP contribution in [0.3, 0.4) is 0 Å². The number of hydrogen-bond donors (Lipinski definition) is 1. The van der Waals surface area contributed by atoms with Gasteiger partial charge in [0.2, 0.25) is 0 Å². The van der Waals surface area contributed by atoms with Crippen molar-refractivity contribution in [2.45, 2.75) is 45.8 Å². The molecule has 6 heteroatoms. The largest absolute Gasteiger partial charge is 0.464 e. The highest BCUT2D eigenvalue weighted by molar-refractivity contribution is 5.93. The maximum absolute atomic E-state index is 12.4. The zero-order valence-corrected chi connectivity index (χ0v) is 15.5. The molecule has 136 valence electrons. The smallest absolute Gasteiger partial charge is 0.415 e. The van der Waals surface area contributed by atoms with Crippen LogP contribution < -0.4 is 5.32 Å². The second kappa shape index (κ2) is 7.59. The van der Waals surface area contributed by atoms with E-state index >= 15 is 0 Å². The Hall–Kier alpha value is -2.50. The normalized spacial score (nSPS) is 15.8. The summed E-state index contributed by atoms with van der Waals surface area (Å²) in [6.45, 7) is 7.76. The monoisotopic (exact) mass is 346 g/mol. The molecule has 1 aliphatic rings. The molecule has 6 nitrogen and oxygen atoms in total. The molecule has 0 aliphatic carbocycles. The van der Waals surface area contributed by atoms with Crippen molar-refractivity contribution in [3.05, 3.63) is 47.3 Å². The number of nitrogens with zero attached hydrogens (tertiary/aromatic N) is 1. The van der Waals surface area contributed by atoms with Crippen LogP contribution >= 0.6 is 0 Å². The fraction of sp³-hybridized carbons (Fsp3) is 0.474. The third-order valence-corrected chi connectivity index (χ3v) is 3.82. The molecule has 0 bridgehead atoms. The first-order valence-electron chi connectivity index (χ1n) is 8.36. The number of rotatable bonds is 4. The van der Waals surface area contributed by atoms with E-state index in [1.807, 2.05) is 37.3 Å². The maximum Gasteiger partial charge on any atom is 0.415 e. The van der Waals surface area contributed by atoms with Crippen LogP contribution in [0.1, 0.15) is 45.7 Å². The number of carbonyl (C=O) groups is 2. The van der Waals surface area contributed by atoms with Crippen molar-refractivity contribution >= 4 is 12.1 Å². The van der Waals surface area contributed by atoms with Gasteiger partial charge >= 0.3 is 12.1 Å². The molecule has 0 aromatic heterocycles. The molecule has 0 radical (unpaired) electrons. The average Bonchev–Trinajstić information content (AvgIpc) is 2.97. The molecule has 0 fully saturated rings. The second-order valence-electron chi connectivity index (χ2n) is 6.98. The van der Waals surface area contributed by atoms with E-state index in [0.29, 0.717) is 18.7 Å². The number of amides is 1. The first kappa shape index (κ1) is 18.8. The van der Waals surface area contributed by atoms with Crippen molar-refractivity contribution in [3.63, 3.8) is 0 Å². The molecule has 2 rings (SSSR count). The lowest BCUT2D eigenvalue weighted by atomic mass is 10.1. The summed E-state index contributed by atoms with van der Waals surface area (Å²) in [5.74, 6) is -0.550. The van der Waals surface area contributed by atoms with Gasteiger partial charge < -0.3 is 14.8 Å². The number of methoxy groups -OCH3 is 1. The van der Waals surface area contributed by atoms with Gasteiger partial charge in [-0.15, -0.1) is 0 Å². The topological polar surface area (TPSA) is 67.9 Å². The second-order valence-corrected chi connectivity index (χ2v) is 6.98. The van der Waals surface area contributed by atoms with Crippen LogP contribution in [-0.4, -0.2) is 36.2 Å². The zero-order valence-electron chi connectivity index (χ0n) is 15.5. The molecule has 1 N–H and O–H groups in total. The summed E-state index contributed by atoms with van der Waals surface area (Å²) in [4.78, 5) is 26.0. The molecule has 1 aromatic rings. The SMILES string of the molecule is COC(=O)C1=C(N[C@@H](C)c2ccccc2)CCN1C(=O)OC(C)(C)C. The van der Waals surface area contributed by atoms with Crippen molar-refractivity contribution < 1.29 is 19.1 Å². The van der Waals surface area contributed by atoms with E-state index in [9.17, 15) is 9.59 Å². The maximum atomic E-state index is 12.4. The molecule has 1 heterocycles. The number of benzene rings is 1. The Labute approximate surface area is 148 Å². The molecule has 25 heavy (non-hydrogen) atoms. The summed E-state index contributed by atoms with van der Waals surface area (Å²) in [7, 11) is 1.30. The third kappa shape index (κ3) is 4.75. The third-order valence-electron chi connectivity index (χ3n) is 3.82. The van der Waals surface area contributed by atoms with E-state index in [0.717, 1.165) is 5.56 Å². The number of nitrogens with one attached hydrogen (secondary N) is 1. The van der Waals surface area contributed by atoms with Gasteiger partial charge in [-0.05, 0) is 33.3 Å². The summed E-state index contributed by atoms with van der Waals surface area (Å²) in [6, 6.07) is 9.90. The quantitative estimate of drug-likeness (QED) is 0.847. The summed E-state index contributed by atoms with van der Waals surface area (Å²) >= 11 is 0. The Bertz CT molecular complexity index is 662. The van der Waals surface area contributed by atoms with E-state index in [1.54, 1.807) is 20.8 Å². The molecular weight excluding hydrogens is 320 g/mol. The molecule has 1 aromatic carbocycles. The molecular formula is C19H26N2O4. The van der Waals surface area contributed by atoms with Gasteiger partial charge in [0.15, 0.2) is 5.70 Å². The molecule has 1 atom stereocenters. The first-order chi connectivity index (χ1) is 11.7. The van der Waals surface area contributed by atoms with Crippen molar-refractivity contribution in [3.8, 4) is 0 Å². The lowest BCUT2D eigenvalue weighted by molar-refractivity contribution is -0.137. The average molecular weight is 346 g/mol. The summed E-state index contributed by atoms with van der Waals surface area (Å²) in [5, 5.41) is 3.34. The van der Waals surface area contributed by atoms with Crippen LogP contribution in [0, 0.1) is 0 Å². The molecule has 1 amide bonds. The van der Waals surface area contributed by atoms with E-state index in [1.165, 1.54) is 12.0 Å². The van der Waals surface area contributed by atoms with Crippen LogP contribution in [0.2, 0.25) is 0 Å². The number of ether oxygens (including phenoxy) is 2. The number of hydrogen-bond acceptors (Lipinski definition) is 5. The van der Waals surface area contributed by atoms with Gasteiger partial charge in [-0.25, -0.2) is 9.59 Å².